The number of carbonyl (C=O) groups excluding carboxylic acids is 1. The summed E-state index contributed by atoms with van der Waals surface area (Å²) in [7, 11) is 0.456. The van der Waals surface area contributed by atoms with Crippen molar-refractivity contribution in [2.45, 2.75) is 123 Å². The first-order chi connectivity index (χ1) is 14.5. The van der Waals surface area contributed by atoms with Crippen LogP contribution in [0.4, 0.5) is 0 Å². The SMILES string of the molecule is CCCCCCCCCCCCCCCC(C)C(C)(C(=O)O[SiH3])c1ccccc1C. The van der Waals surface area contributed by atoms with Gasteiger partial charge in [-0.05, 0) is 37.3 Å². The van der Waals surface area contributed by atoms with Crippen LogP contribution < -0.4 is 0 Å². The lowest BCUT2D eigenvalue weighted by Gasteiger charge is -2.35. The zero-order chi connectivity index (χ0) is 22.2. The van der Waals surface area contributed by atoms with E-state index < -0.39 is 5.41 Å². The average molecular weight is 433 g/mol. The fraction of sp³-hybridized carbons (Fsp3) is 0.741. The minimum atomic E-state index is -0.537. The molecule has 30 heavy (non-hydrogen) atoms. The van der Waals surface area contributed by atoms with Gasteiger partial charge in [-0.1, -0.05) is 122 Å². The lowest BCUT2D eigenvalue weighted by atomic mass is 9.69. The molecule has 1 aromatic rings. The van der Waals surface area contributed by atoms with E-state index in [1.165, 1.54) is 89.0 Å². The number of hydrogen-bond donors (Lipinski definition) is 0. The predicted octanol–water partition coefficient (Wildman–Crippen LogP) is 7.19. The van der Waals surface area contributed by atoms with Gasteiger partial charge >= 0.3 is 5.97 Å². The van der Waals surface area contributed by atoms with Gasteiger partial charge in [0.25, 0.3) is 0 Å². The van der Waals surface area contributed by atoms with Gasteiger partial charge in [0.1, 0.15) is 0 Å². The van der Waals surface area contributed by atoms with Gasteiger partial charge in [-0.15, -0.1) is 0 Å². The highest BCUT2D eigenvalue weighted by molar-refractivity contribution is 6.07. The van der Waals surface area contributed by atoms with E-state index in [0.717, 1.165) is 12.0 Å². The third-order valence-electron chi connectivity index (χ3n) is 7.04. The molecule has 0 aliphatic rings. The summed E-state index contributed by atoms with van der Waals surface area (Å²) in [6.45, 7) is 8.70. The van der Waals surface area contributed by atoms with E-state index in [4.69, 9.17) is 4.43 Å². The standard InChI is InChI=1S/C27H48O2Si/c1-5-6-7-8-9-10-11-12-13-14-15-16-17-21-24(3)27(4,26(28)29-30)25-22-19-18-20-23(25)2/h18-20,22,24H,5-17,21H2,1-4,30H3. The fourth-order valence-electron chi connectivity index (χ4n) is 4.70. The predicted molar refractivity (Wildman–Crippen MR) is 134 cm³/mol. The Labute approximate surface area is 190 Å². The molecular formula is C27H48O2Si. The molecule has 0 saturated carbocycles. The van der Waals surface area contributed by atoms with Crippen LogP contribution in [-0.4, -0.2) is 16.5 Å². The number of benzene rings is 1. The smallest absolute Gasteiger partial charge is 0.302 e. The second-order valence-corrected chi connectivity index (χ2v) is 9.85. The molecule has 0 aliphatic heterocycles. The highest BCUT2D eigenvalue weighted by atomic mass is 28.2. The summed E-state index contributed by atoms with van der Waals surface area (Å²) in [5.41, 5.74) is 1.78. The molecule has 0 saturated heterocycles. The Balaban J connectivity index is 2.27. The molecule has 0 fully saturated rings. The molecule has 2 nitrogen and oxygen atoms in total. The Morgan fingerprint density at radius 1 is 0.900 bits per heavy atom. The highest BCUT2D eigenvalue weighted by Gasteiger charge is 2.41. The van der Waals surface area contributed by atoms with Gasteiger partial charge in [-0.25, -0.2) is 0 Å². The number of aryl methyl sites for hydroxylation is 1. The number of unbranched alkanes of at least 4 members (excludes halogenated alkanes) is 12. The zero-order valence-corrected chi connectivity index (χ0v) is 22.6. The maximum Gasteiger partial charge on any atom is 0.302 e. The topological polar surface area (TPSA) is 26.3 Å². The molecule has 0 aromatic heterocycles. The second kappa shape index (κ2) is 15.7. The first-order valence-corrected chi connectivity index (χ1v) is 13.4. The maximum absolute atomic E-state index is 12.8. The van der Waals surface area contributed by atoms with Crippen LogP contribution in [0.5, 0.6) is 0 Å². The van der Waals surface area contributed by atoms with Crippen molar-refractivity contribution in [1.29, 1.82) is 0 Å². The van der Waals surface area contributed by atoms with Gasteiger partial charge in [0.2, 0.25) is 10.5 Å². The Kier molecular flexibility index (Phi) is 14.1. The summed E-state index contributed by atoms with van der Waals surface area (Å²) < 4.78 is 5.36. The summed E-state index contributed by atoms with van der Waals surface area (Å²) in [4.78, 5) is 12.8. The summed E-state index contributed by atoms with van der Waals surface area (Å²) in [5.74, 6) is 0.235. The normalized spacial score (nSPS) is 14.4. The fourth-order valence-corrected chi connectivity index (χ4v) is 5.13. The van der Waals surface area contributed by atoms with Crippen LogP contribution in [0.2, 0.25) is 0 Å². The summed E-state index contributed by atoms with van der Waals surface area (Å²) in [6, 6.07) is 8.29. The molecule has 1 rings (SSSR count). The average Bonchev–Trinajstić information content (AvgIpc) is 2.75. The lowest BCUT2D eigenvalue weighted by molar-refractivity contribution is -0.142. The van der Waals surface area contributed by atoms with Crippen LogP contribution in [0, 0.1) is 12.8 Å². The highest BCUT2D eigenvalue weighted by Crippen LogP contribution is 2.38. The molecular weight excluding hydrogens is 384 g/mol. The quantitative estimate of drug-likeness (QED) is 0.192. The van der Waals surface area contributed by atoms with Crippen LogP contribution in [0.1, 0.15) is 122 Å². The van der Waals surface area contributed by atoms with Crippen LogP contribution in [0.3, 0.4) is 0 Å². The van der Waals surface area contributed by atoms with E-state index in [2.05, 4.69) is 39.8 Å². The van der Waals surface area contributed by atoms with Crippen LogP contribution in [-0.2, 0) is 14.6 Å². The molecule has 172 valence electrons. The van der Waals surface area contributed by atoms with Crippen molar-refractivity contribution in [2.24, 2.45) is 5.92 Å². The molecule has 0 aliphatic carbocycles. The molecule has 0 radical (unpaired) electrons. The van der Waals surface area contributed by atoms with Crippen LogP contribution in [0.15, 0.2) is 24.3 Å². The van der Waals surface area contributed by atoms with E-state index in [-0.39, 0.29) is 11.9 Å². The van der Waals surface area contributed by atoms with Crippen molar-refractivity contribution in [3.63, 3.8) is 0 Å². The Morgan fingerprint density at radius 3 is 1.83 bits per heavy atom. The first kappa shape index (κ1) is 26.9. The monoisotopic (exact) mass is 432 g/mol. The molecule has 1 aromatic carbocycles. The van der Waals surface area contributed by atoms with Gasteiger partial charge in [0, 0.05) is 0 Å². The van der Waals surface area contributed by atoms with E-state index in [1.54, 1.807) is 0 Å². The molecule has 0 N–H and O–H groups in total. The van der Waals surface area contributed by atoms with Crippen molar-refractivity contribution >= 4 is 16.5 Å². The van der Waals surface area contributed by atoms with Gasteiger partial charge < -0.3 is 4.43 Å². The second-order valence-electron chi connectivity index (χ2n) is 9.44. The van der Waals surface area contributed by atoms with Gasteiger partial charge in [0.15, 0.2) is 0 Å². The van der Waals surface area contributed by atoms with Gasteiger partial charge in [-0.2, -0.15) is 0 Å². The Morgan fingerprint density at radius 2 is 1.37 bits per heavy atom. The van der Waals surface area contributed by atoms with Crippen molar-refractivity contribution in [3.05, 3.63) is 35.4 Å². The van der Waals surface area contributed by atoms with Crippen molar-refractivity contribution in [2.75, 3.05) is 0 Å². The summed E-state index contributed by atoms with van der Waals surface area (Å²) in [6.07, 6.45) is 18.9. The zero-order valence-electron chi connectivity index (χ0n) is 20.6. The largest absolute Gasteiger partial charge is 0.528 e. The number of carbonyl (C=O) groups is 1. The lowest BCUT2D eigenvalue weighted by Crippen LogP contribution is -2.41. The Bertz CT molecular complexity index is 586. The van der Waals surface area contributed by atoms with Crippen molar-refractivity contribution < 1.29 is 9.22 Å². The minimum Gasteiger partial charge on any atom is -0.528 e. The van der Waals surface area contributed by atoms with Crippen molar-refractivity contribution in [3.8, 4) is 0 Å². The third-order valence-corrected chi connectivity index (χ3v) is 7.41. The van der Waals surface area contributed by atoms with E-state index in [9.17, 15) is 4.79 Å². The number of rotatable bonds is 17. The molecule has 0 heterocycles. The molecule has 0 bridgehead atoms. The van der Waals surface area contributed by atoms with E-state index in [1.807, 2.05) is 12.1 Å². The summed E-state index contributed by atoms with van der Waals surface area (Å²) in [5, 5.41) is 0. The van der Waals surface area contributed by atoms with Crippen LogP contribution >= 0.6 is 0 Å². The summed E-state index contributed by atoms with van der Waals surface area (Å²) >= 11 is 0. The molecule has 3 heteroatoms. The van der Waals surface area contributed by atoms with E-state index >= 15 is 0 Å². The number of hydrogen-bond acceptors (Lipinski definition) is 2. The Hall–Kier alpha value is -1.09. The molecule has 2 atom stereocenters. The maximum atomic E-state index is 12.8. The van der Waals surface area contributed by atoms with Gasteiger partial charge in [-0.3, -0.25) is 4.79 Å². The minimum absolute atomic E-state index is 0.0503. The molecule has 0 spiro atoms. The van der Waals surface area contributed by atoms with E-state index in [0.29, 0.717) is 10.5 Å². The third kappa shape index (κ3) is 8.96. The van der Waals surface area contributed by atoms with Gasteiger partial charge in [0.05, 0.1) is 5.41 Å². The van der Waals surface area contributed by atoms with Crippen molar-refractivity contribution in [1.82, 2.24) is 0 Å². The molecule has 2 unspecified atom stereocenters. The molecule has 0 amide bonds. The first-order valence-electron chi connectivity index (χ1n) is 12.6. The van der Waals surface area contributed by atoms with Crippen LogP contribution in [0.25, 0.3) is 0 Å².